The molecule has 0 bridgehead atoms. The molecule has 3 unspecified atom stereocenters. The van der Waals surface area contributed by atoms with Gasteiger partial charge in [-0.05, 0) is 49.6 Å². The van der Waals surface area contributed by atoms with Gasteiger partial charge in [-0.1, -0.05) is 34.6 Å². The summed E-state index contributed by atoms with van der Waals surface area (Å²) in [6, 6.07) is 1.43. The minimum atomic E-state index is 0.514. The molecular formula is C16H32N2. The quantitative estimate of drug-likeness (QED) is 0.831. The lowest BCUT2D eigenvalue weighted by atomic mass is 9.89. The Balaban J connectivity index is 1.85. The third-order valence-electron chi connectivity index (χ3n) is 6.51. The first-order chi connectivity index (χ1) is 8.18. The molecule has 106 valence electrons. The van der Waals surface area contributed by atoms with Crippen molar-refractivity contribution in [3.05, 3.63) is 0 Å². The zero-order valence-electron chi connectivity index (χ0n) is 13.4. The third kappa shape index (κ3) is 2.22. The van der Waals surface area contributed by atoms with Crippen molar-refractivity contribution in [2.45, 2.75) is 60.0 Å². The second kappa shape index (κ2) is 4.49. The number of hydrogen-bond acceptors (Lipinski definition) is 2. The highest BCUT2D eigenvalue weighted by Crippen LogP contribution is 2.67. The first-order valence-corrected chi connectivity index (χ1v) is 7.61. The van der Waals surface area contributed by atoms with Gasteiger partial charge in [0, 0.05) is 18.6 Å². The summed E-state index contributed by atoms with van der Waals surface area (Å²) in [5.74, 6) is 1.61. The van der Waals surface area contributed by atoms with Crippen molar-refractivity contribution in [3.63, 3.8) is 0 Å². The smallest absolute Gasteiger partial charge is 0.0120 e. The van der Waals surface area contributed by atoms with E-state index in [1.54, 1.807) is 0 Å². The molecule has 2 rings (SSSR count). The van der Waals surface area contributed by atoms with Gasteiger partial charge in [0.05, 0.1) is 0 Å². The van der Waals surface area contributed by atoms with Crippen LogP contribution in [0.15, 0.2) is 0 Å². The first kappa shape index (κ1) is 14.3. The van der Waals surface area contributed by atoms with Crippen LogP contribution in [0.3, 0.4) is 0 Å². The van der Waals surface area contributed by atoms with Crippen LogP contribution >= 0.6 is 0 Å². The third-order valence-corrected chi connectivity index (χ3v) is 6.51. The van der Waals surface area contributed by atoms with Crippen molar-refractivity contribution < 1.29 is 0 Å². The highest BCUT2D eigenvalue weighted by atomic mass is 15.2. The lowest BCUT2D eigenvalue weighted by Crippen LogP contribution is -2.51. The number of piperidine rings is 1. The van der Waals surface area contributed by atoms with E-state index in [1.165, 1.54) is 19.5 Å². The Morgan fingerprint density at radius 1 is 1.11 bits per heavy atom. The second-order valence-corrected chi connectivity index (χ2v) is 8.01. The predicted octanol–water partition coefficient (Wildman–Crippen LogP) is 2.99. The Kier molecular flexibility index (Phi) is 3.57. The molecule has 0 aromatic rings. The summed E-state index contributed by atoms with van der Waals surface area (Å²) < 4.78 is 0. The number of hydrogen-bond donors (Lipinski definition) is 1. The molecule has 0 radical (unpaired) electrons. The van der Waals surface area contributed by atoms with E-state index in [0.29, 0.717) is 16.9 Å². The van der Waals surface area contributed by atoms with Gasteiger partial charge in [0.2, 0.25) is 0 Å². The Bertz CT molecular complexity index is 294. The molecule has 1 heterocycles. The molecule has 2 nitrogen and oxygen atoms in total. The van der Waals surface area contributed by atoms with Gasteiger partial charge in [-0.2, -0.15) is 0 Å². The van der Waals surface area contributed by atoms with Crippen molar-refractivity contribution >= 4 is 0 Å². The minimum absolute atomic E-state index is 0.514. The maximum absolute atomic E-state index is 3.87. The molecule has 1 saturated carbocycles. The van der Waals surface area contributed by atoms with E-state index in [9.17, 15) is 0 Å². The zero-order chi connectivity index (χ0) is 13.7. The van der Waals surface area contributed by atoms with E-state index in [0.717, 1.165) is 17.9 Å². The molecule has 1 aliphatic carbocycles. The van der Waals surface area contributed by atoms with Crippen molar-refractivity contribution in [2.75, 3.05) is 20.1 Å². The summed E-state index contributed by atoms with van der Waals surface area (Å²) in [5, 5.41) is 3.87. The molecule has 0 aromatic heterocycles. The van der Waals surface area contributed by atoms with Crippen LogP contribution in [0, 0.1) is 22.7 Å². The van der Waals surface area contributed by atoms with Crippen LogP contribution in [0.4, 0.5) is 0 Å². The SMILES string of the molecule is CC1CN(C)C(C)CC1NCC1C(C)(C)C1(C)C. The normalized spacial score (nSPS) is 39.8. The van der Waals surface area contributed by atoms with E-state index < -0.39 is 0 Å². The van der Waals surface area contributed by atoms with Crippen LogP contribution in [-0.4, -0.2) is 37.1 Å². The molecule has 1 saturated heterocycles. The molecule has 2 fully saturated rings. The van der Waals surface area contributed by atoms with E-state index in [-0.39, 0.29) is 0 Å². The molecule has 1 N–H and O–H groups in total. The van der Waals surface area contributed by atoms with E-state index in [1.807, 2.05) is 0 Å². The number of nitrogens with one attached hydrogen (secondary N) is 1. The van der Waals surface area contributed by atoms with Crippen molar-refractivity contribution in [1.29, 1.82) is 0 Å². The summed E-state index contributed by atoms with van der Waals surface area (Å²) in [7, 11) is 2.25. The predicted molar refractivity (Wildman–Crippen MR) is 78.7 cm³/mol. The van der Waals surface area contributed by atoms with Crippen LogP contribution in [0.1, 0.15) is 48.0 Å². The number of nitrogens with zero attached hydrogens (tertiary/aromatic N) is 1. The van der Waals surface area contributed by atoms with Gasteiger partial charge in [0.1, 0.15) is 0 Å². The zero-order valence-corrected chi connectivity index (χ0v) is 13.4. The maximum atomic E-state index is 3.87. The Morgan fingerprint density at radius 3 is 2.17 bits per heavy atom. The Hall–Kier alpha value is -0.0800. The molecule has 0 amide bonds. The van der Waals surface area contributed by atoms with Gasteiger partial charge in [-0.15, -0.1) is 0 Å². The largest absolute Gasteiger partial charge is 0.313 e. The summed E-state index contributed by atoms with van der Waals surface area (Å²) >= 11 is 0. The molecule has 2 aliphatic rings. The Labute approximate surface area is 114 Å². The standard InChI is InChI=1S/C16H32N2/c1-11-10-18(7)12(2)8-13(11)17-9-14-15(3,4)16(14,5)6/h11-14,17H,8-10H2,1-7H3. The van der Waals surface area contributed by atoms with E-state index in [2.05, 4.69) is 58.8 Å². The summed E-state index contributed by atoms with van der Waals surface area (Å²) in [4.78, 5) is 2.49. The highest BCUT2D eigenvalue weighted by molar-refractivity contribution is 5.13. The monoisotopic (exact) mass is 252 g/mol. The lowest BCUT2D eigenvalue weighted by Gasteiger charge is -2.40. The fourth-order valence-corrected chi connectivity index (χ4v) is 3.94. The summed E-state index contributed by atoms with van der Waals surface area (Å²) in [6.07, 6.45) is 1.30. The van der Waals surface area contributed by atoms with E-state index >= 15 is 0 Å². The maximum Gasteiger partial charge on any atom is 0.0120 e. The summed E-state index contributed by atoms with van der Waals surface area (Å²) in [5.41, 5.74) is 1.03. The fourth-order valence-electron chi connectivity index (χ4n) is 3.94. The van der Waals surface area contributed by atoms with Gasteiger partial charge in [0.15, 0.2) is 0 Å². The van der Waals surface area contributed by atoms with Crippen molar-refractivity contribution in [1.82, 2.24) is 10.2 Å². The van der Waals surface area contributed by atoms with Gasteiger partial charge in [-0.3, -0.25) is 0 Å². The second-order valence-electron chi connectivity index (χ2n) is 8.01. The molecular weight excluding hydrogens is 220 g/mol. The van der Waals surface area contributed by atoms with Crippen LogP contribution in [-0.2, 0) is 0 Å². The average molecular weight is 252 g/mol. The van der Waals surface area contributed by atoms with Crippen LogP contribution in [0.2, 0.25) is 0 Å². The van der Waals surface area contributed by atoms with Gasteiger partial charge in [0.25, 0.3) is 0 Å². The molecule has 0 spiro atoms. The van der Waals surface area contributed by atoms with Crippen LogP contribution < -0.4 is 5.32 Å². The average Bonchev–Trinajstić information content (AvgIpc) is 2.62. The van der Waals surface area contributed by atoms with Crippen molar-refractivity contribution in [2.24, 2.45) is 22.7 Å². The number of likely N-dealkylation sites (tertiary alicyclic amines) is 1. The molecule has 0 aromatic carbocycles. The minimum Gasteiger partial charge on any atom is -0.313 e. The van der Waals surface area contributed by atoms with Crippen LogP contribution in [0.5, 0.6) is 0 Å². The van der Waals surface area contributed by atoms with E-state index in [4.69, 9.17) is 0 Å². The van der Waals surface area contributed by atoms with Gasteiger partial charge >= 0.3 is 0 Å². The first-order valence-electron chi connectivity index (χ1n) is 7.61. The molecule has 3 atom stereocenters. The fraction of sp³-hybridized carbons (Fsp3) is 1.00. The van der Waals surface area contributed by atoms with Crippen LogP contribution in [0.25, 0.3) is 0 Å². The molecule has 18 heavy (non-hydrogen) atoms. The lowest BCUT2D eigenvalue weighted by molar-refractivity contribution is 0.120. The van der Waals surface area contributed by atoms with Gasteiger partial charge < -0.3 is 10.2 Å². The Morgan fingerprint density at radius 2 is 1.67 bits per heavy atom. The van der Waals surface area contributed by atoms with Gasteiger partial charge in [-0.25, -0.2) is 0 Å². The van der Waals surface area contributed by atoms with Crippen molar-refractivity contribution in [3.8, 4) is 0 Å². The molecule has 1 aliphatic heterocycles. The molecule has 2 heteroatoms. The topological polar surface area (TPSA) is 15.3 Å². The highest BCUT2D eigenvalue weighted by Gasteiger charge is 2.64. The number of rotatable bonds is 3. The summed E-state index contributed by atoms with van der Waals surface area (Å²) in [6.45, 7) is 16.8.